The van der Waals surface area contributed by atoms with Gasteiger partial charge < -0.3 is 16.0 Å². The lowest BCUT2D eigenvalue weighted by Crippen LogP contribution is -2.37. The van der Waals surface area contributed by atoms with Crippen molar-refractivity contribution in [2.75, 3.05) is 19.6 Å². The topological polar surface area (TPSA) is 87.3 Å². The fourth-order valence-corrected chi connectivity index (χ4v) is 1.87. The zero-order valence-corrected chi connectivity index (χ0v) is 13.9. The van der Waals surface area contributed by atoms with Crippen molar-refractivity contribution >= 4 is 29.3 Å². The van der Waals surface area contributed by atoms with Crippen molar-refractivity contribution in [3.63, 3.8) is 0 Å². The Morgan fingerprint density at radius 3 is 2.30 bits per heavy atom. The fraction of sp³-hybridized carbons (Fsp3) is 0.438. The van der Waals surface area contributed by atoms with Gasteiger partial charge in [-0.3, -0.25) is 14.4 Å². The first-order valence-electron chi connectivity index (χ1n) is 7.60. The zero-order chi connectivity index (χ0) is 17.1. The Labute approximate surface area is 141 Å². The Morgan fingerprint density at radius 2 is 1.65 bits per heavy atom. The molecule has 0 fully saturated rings. The number of halogens is 1. The van der Waals surface area contributed by atoms with E-state index in [1.165, 1.54) is 0 Å². The van der Waals surface area contributed by atoms with Gasteiger partial charge in [-0.15, -0.1) is 0 Å². The van der Waals surface area contributed by atoms with Gasteiger partial charge in [-0.1, -0.05) is 18.5 Å². The Bertz CT molecular complexity index is 532. The summed E-state index contributed by atoms with van der Waals surface area (Å²) in [5, 5.41) is 8.51. The number of rotatable bonds is 9. The Hall–Kier alpha value is -2.08. The van der Waals surface area contributed by atoms with E-state index >= 15 is 0 Å². The molecule has 126 valence electrons. The van der Waals surface area contributed by atoms with Crippen LogP contribution in [0.15, 0.2) is 24.3 Å². The molecule has 1 aromatic rings. The van der Waals surface area contributed by atoms with Gasteiger partial charge in [0.05, 0.1) is 6.54 Å². The average molecular weight is 340 g/mol. The van der Waals surface area contributed by atoms with Crippen LogP contribution in [0.3, 0.4) is 0 Å². The number of nitrogens with one attached hydrogen (secondary N) is 3. The molecule has 0 unspecified atom stereocenters. The summed E-state index contributed by atoms with van der Waals surface area (Å²) in [6.45, 7) is 2.93. The second-order valence-electron chi connectivity index (χ2n) is 4.99. The summed E-state index contributed by atoms with van der Waals surface area (Å²) in [5.74, 6) is -0.616. The summed E-state index contributed by atoms with van der Waals surface area (Å²) in [6, 6.07) is 6.57. The highest BCUT2D eigenvalue weighted by atomic mass is 35.5. The van der Waals surface area contributed by atoms with Crippen molar-refractivity contribution < 1.29 is 14.4 Å². The average Bonchev–Trinajstić information content (AvgIpc) is 2.55. The maximum absolute atomic E-state index is 11.8. The summed E-state index contributed by atoms with van der Waals surface area (Å²) >= 11 is 5.75. The number of amides is 3. The van der Waals surface area contributed by atoms with E-state index in [9.17, 15) is 14.4 Å². The molecule has 1 aromatic carbocycles. The van der Waals surface area contributed by atoms with Gasteiger partial charge in [0, 0.05) is 30.1 Å². The van der Waals surface area contributed by atoms with Crippen LogP contribution in [-0.4, -0.2) is 37.4 Å². The summed E-state index contributed by atoms with van der Waals surface area (Å²) in [5.41, 5.74) is 0.520. The summed E-state index contributed by atoms with van der Waals surface area (Å²) in [7, 11) is 0. The van der Waals surface area contributed by atoms with Gasteiger partial charge in [0.1, 0.15) is 0 Å². The standard InChI is InChI=1S/C16H22ClN3O3/c1-2-9-18-15(22)11-20-14(21)4-3-10-19-16(23)12-5-7-13(17)8-6-12/h5-8H,2-4,9-11H2,1H3,(H,18,22)(H,19,23)(H,20,21). The Kier molecular flexibility index (Phi) is 8.75. The minimum Gasteiger partial charge on any atom is -0.355 e. The van der Waals surface area contributed by atoms with Crippen LogP contribution >= 0.6 is 11.6 Å². The number of hydrogen-bond donors (Lipinski definition) is 3. The molecule has 6 nitrogen and oxygen atoms in total. The highest BCUT2D eigenvalue weighted by Crippen LogP contribution is 2.09. The van der Waals surface area contributed by atoms with Gasteiger partial charge in [0.15, 0.2) is 0 Å². The summed E-state index contributed by atoms with van der Waals surface area (Å²) < 4.78 is 0. The third kappa shape index (κ3) is 8.21. The third-order valence-corrected chi connectivity index (χ3v) is 3.24. The van der Waals surface area contributed by atoms with Crippen LogP contribution in [0.2, 0.25) is 5.02 Å². The third-order valence-electron chi connectivity index (χ3n) is 2.99. The van der Waals surface area contributed by atoms with Gasteiger partial charge in [0.25, 0.3) is 5.91 Å². The highest BCUT2D eigenvalue weighted by Gasteiger charge is 2.07. The van der Waals surface area contributed by atoms with Crippen LogP contribution in [0.25, 0.3) is 0 Å². The van der Waals surface area contributed by atoms with E-state index in [-0.39, 0.29) is 30.7 Å². The zero-order valence-electron chi connectivity index (χ0n) is 13.2. The lowest BCUT2D eigenvalue weighted by atomic mass is 10.2. The smallest absolute Gasteiger partial charge is 0.251 e. The van der Waals surface area contributed by atoms with Crippen molar-refractivity contribution in [2.24, 2.45) is 0 Å². The van der Waals surface area contributed by atoms with Crippen LogP contribution in [-0.2, 0) is 9.59 Å². The van der Waals surface area contributed by atoms with Crippen molar-refractivity contribution in [3.05, 3.63) is 34.9 Å². The number of hydrogen-bond acceptors (Lipinski definition) is 3. The van der Waals surface area contributed by atoms with Crippen molar-refractivity contribution in [2.45, 2.75) is 26.2 Å². The maximum atomic E-state index is 11.8. The number of carbonyl (C=O) groups excluding carboxylic acids is 3. The first-order chi connectivity index (χ1) is 11.0. The van der Waals surface area contributed by atoms with Gasteiger partial charge in [0.2, 0.25) is 11.8 Å². The lowest BCUT2D eigenvalue weighted by molar-refractivity contribution is -0.126. The first-order valence-corrected chi connectivity index (χ1v) is 7.98. The Morgan fingerprint density at radius 1 is 0.957 bits per heavy atom. The van der Waals surface area contributed by atoms with Crippen molar-refractivity contribution in [3.8, 4) is 0 Å². The second kappa shape index (κ2) is 10.6. The second-order valence-corrected chi connectivity index (χ2v) is 5.43. The summed E-state index contributed by atoms with van der Waals surface area (Å²) in [4.78, 5) is 34.7. The normalized spacial score (nSPS) is 10.0. The minimum atomic E-state index is -0.211. The molecular formula is C16H22ClN3O3. The lowest BCUT2D eigenvalue weighted by Gasteiger charge is -2.07. The van der Waals surface area contributed by atoms with Crippen LogP contribution in [0.1, 0.15) is 36.5 Å². The molecule has 0 radical (unpaired) electrons. The molecule has 0 aliphatic carbocycles. The molecule has 1 rings (SSSR count). The molecule has 0 aromatic heterocycles. The van der Waals surface area contributed by atoms with E-state index < -0.39 is 0 Å². The predicted octanol–water partition coefficient (Wildman–Crippen LogP) is 1.49. The molecule has 0 atom stereocenters. The molecule has 3 N–H and O–H groups in total. The van der Waals surface area contributed by atoms with Gasteiger partial charge in [-0.25, -0.2) is 0 Å². The van der Waals surface area contributed by atoms with E-state index in [1.54, 1.807) is 24.3 Å². The first kappa shape index (κ1) is 19.0. The molecule has 0 bridgehead atoms. The summed E-state index contributed by atoms with van der Waals surface area (Å²) in [6.07, 6.45) is 1.61. The van der Waals surface area contributed by atoms with Crippen molar-refractivity contribution in [1.82, 2.24) is 16.0 Å². The highest BCUT2D eigenvalue weighted by molar-refractivity contribution is 6.30. The molecule has 23 heavy (non-hydrogen) atoms. The monoisotopic (exact) mass is 339 g/mol. The quantitative estimate of drug-likeness (QED) is 0.596. The molecule has 0 heterocycles. The fourth-order valence-electron chi connectivity index (χ4n) is 1.75. The minimum absolute atomic E-state index is 0.0179. The molecule has 0 aliphatic heterocycles. The van der Waals surface area contributed by atoms with Gasteiger partial charge >= 0.3 is 0 Å². The Balaban J connectivity index is 2.14. The van der Waals surface area contributed by atoms with E-state index in [2.05, 4.69) is 16.0 Å². The van der Waals surface area contributed by atoms with Gasteiger partial charge in [-0.2, -0.15) is 0 Å². The van der Waals surface area contributed by atoms with E-state index in [1.807, 2.05) is 6.92 Å². The van der Waals surface area contributed by atoms with Crippen LogP contribution in [0, 0.1) is 0 Å². The molecular weight excluding hydrogens is 318 g/mol. The van der Waals surface area contributed by atoms with E-state index in [4.69, 9.17) is 11.6 Å². The van der Waals surface area contributed by atoms with E-state index in [0.717, 1.165) is 6.42 Å². The predicted molar refractivity (Wildman–Crippen MR) is 89.3 cm³/mol. The molecule has 0 aliphatic rings. The molecule has 3 amide bonds. The SMILES string of the molecule is CCCNC(=O)CNC(=O)CCCNC(=O)c1ccc(Cl)cc1. The van der Waals surface area contributed by atoms with Crippen LogP contribution < -0.4 is 16.0 Å². The largest absolute Gasteiger partial charge is 0.355 e. The van der Waals surface area contributed by atoms with Gasteiger partial charge in [-0.05, 0) is 37.1 Å². The van der Waals surface area contributed by atoms with E-state index in [0.29, 0.717) is 30.1 Å². The number of carbonyl (C=O) groups is 3. The number of benzene rings is 1. The van der Waals surface area contributed by atoms with Crippen LogP contribution in [0.5, 0.6) is 0 Å². The maximum Gasteiger partial charge on any atom is 0.251 e. The molecule has 0 spiro atoms. The van der Waals surface area contributed by atoms with Crippen LogP contribution in [0.4, 0.5) is 0 Å². The van der Waals surface area contributed by atoms with Crippen molar-refractivity contribution in [1.29, 1.82) is 0 Å². The molecule has 0 saturated heterocycles. The molecule has 0 saturated carbocycles. The molecule has 7 heteroatoms.